The SMILES string of the molecule is CCN(CC)CCNC(=O)c1ccn(Cn2cc(Br)cn2)n1. The van der Waals surface area contributed by atoms with Gasteiger partial charge in [0.2, 0.25) is 0 Å². The molecular formula is C14H21BrN6O. The van der Waals surface area contributed by atoms with Crippen LogP contribution < -0.4 is 5.32 Å². The lowest BCUT2D eigenvalue weighted by Crippen LogP contribution is -2.35. The number of hydrogen-bond donors (Lipinski definition) is 1. The van der Waals surface area contributed by atoms with Crippen molar-refractivity contribution in [2.24, 2.45) is 0 Å². The first-order valence-corrected chi connectivity index (χ1v) is 8.13. The first-order chi connectivity index (χ1) is 10.6. The Bertz CT molecular complexity index is 604. The summed E-state index contributed by atoms with van der Waals surface area (Å²) in [6.07, 6.45) is 5.34. The van der Waals surface area contributed by atoms with Gasteiger partial charge in [-0.05, 0) is 35.1 Å². The van der Waals surface area contributed by atoms with E-state index in [0.717, 1.165) is 24.1 Å². The largest absolute Gasteiger partial charge is 0.349 e. The summed E-state index contributed by atoms with van der Waals surface area (Å²) in [6, 6.07) is 1.71. The number of amides is 1. The lowest BCUT2D eigenvalue weighted by molar-refractivity contribution is 0.0943. The van der Waals surface area contributed by atoms with Crippen LogP contribution in [0.15, 0.2) is 29.1 Å². The zero-order valence-corrected chi connectivity index (χ0v) is 14.5. The van der Waals surface area contributed by atoms with E-state index < -0.39 is 0 Å². The first-order valence-electron chi connectivity index (χ1n) is 7.34. The Morgan fingerprint density at radius 2 is 2.14 bits per heavy atom. The van der Waals surface area contributed by atoms with Gasteiger partial charge in [-0.15, -0.1) is 0 Å². The van der Waals surface area contributed by atoms with Gasteiger partial charge in [0.15, 0.2) is 0 Å². The maximum atomic E-state index is 12.0. The van der Waals surface area contributed by atoms with Gasteiger partial charge in [-0.25, -0.2) is 4.68 Å². The Morgan fingerprint density at radius 1 is 1.36 bits per heavy atom. The van der Waals surface area contributed by atoms with Gasteiger partial charge in [-0.1, -0.05) is 13.8 Å². The molecule has 0 spiro atoms. The fourth-order valence-corrected chi connectivity index (χ4v) is 2.41. The molecule has 0 radical (unpaired) electrons. The standard InChI is InChI=1S/C14H21BrN6O/c1-3-19(4-2)8-6-16-14(22)13-5-7-20(18-13)11-21-10-12(15)9-17-21/h5,7,9-10H,3-4,6,8,11H2,1-2H3,(H,16,22). The molecule has 1 amide bonds. The lowest BCUT2D eigenvalue weighted by Gasteiger charge is -2.17. The predicted molar refractivity (Wildman–Crippen MR) is 87.7 cm³/mol. The van der Waals surface area contributed by atoms with E-state index in [1.165, 1.54) is 0 Å². The average molecular weight is 369 g/mol. The van der Waals surface area contributed by atoms with Crippen LogP contribution in [0.4, 0.5) is 0 Å². The van der Waals surface area contributed by atoms with E-state index in [1.807, 2.05) is 6.20 Å². The minimum absolute atomic E-state index is 0.146. The lowest BCUT2D eigenvalue weighted by atomic mass is 10.4. The molecule has 8 heteroatoms. The number of rotatable bonds is 8. The van der Waals surface area contributed by atoms with Crippen molar-refractivity contribution in [1.82, 2.24) is 29.8 Å². The molecule has 1 N–H and O–H groups in total. The van der Waals surface area contributed by atoms with Crippen LogP contribution >= 0.6 is 15.9 Å². The second-order valence-corrected chi connectivity index (χ2v) is 5.78. The second-order valence-electron chi connectivity index (χ2n) is 4.86. The molecule has 22 heavy (non-hydrogen) atoms. The average Bonchev–Trinajstić information content (AvgIpc) is 3.13. The van der Waals surface area contributed by atoms with Crippen molar-refractivity contribution in [3.63, 3.8) is 0 Å². The molecule has 120 valence electrons. The summed E-state index contributed by atoms with van der Waals surface area (Å²) >= 11 is 3.34. The predicted octanol–water partition coefficient (Wildman–Crippen LogP) is 1.42. The van der Waals surface area contributed by atoms with Crippen molar-refractivity contribution in [1.29, 1.82) is 0 Å². The van der Waals surface area contributed by atoms with Gasteiger partial charge in [0, 0.05) is 25.5 Å². The minimum Gasteiger partial charge on any atom is -0.349 e. The number of hydrogen-bond acceptors (Lipinski definition) is 4. The molecule has 0 saturated heterocycles. The van der Waals surface area contributed by atoms with Crippen LogP contribution in [0.5, 0.6) is 0 Å². The molecule has 7 nitrogen and oxygen atoms in total. The molecule has 0 fully saturated rings. The van der Waals surface area contributed by atoms with Crippen LogP contribution in [0.3, 0.4) is 0 Å². The molecule has 2 aromatic heterocycles. The third-order valence-corrected chi connectivity index (χ3v) is 3.78. The molecule has 0 atom stereocenters. The molecule has 0 aliphatic heterocycles. The fourth-order valence-electron chi connectivity index (χ4n) is 2.08. The molecule has 2 rings (SSSR count). The maximum absolute atomic E-state index is 12.0. The Hall–Kier alpha value is -1.67. The summed E-state index contributed by atoms with van der Waals surface area (Å²) in [4.78, 5) is 14.3. The van der Waals surface area contributed by atoms with Gasteiger partial charge >= 0.3 is 0 Å². The van der Waals surface area contributed by atoms with E-state index in [1.54, 1.807) is 27.8 Å². The van der Waals surface area contributed by atoms with Gasteiger partial charge in [0.05, 0.1) is 10.7 Å². The first kappa shape index (κ1) is 16.7. The topological polar surface area (TPSA) is 68.0 Å². The highest BCUT2D eigenvalue weighted by Crippen LogP contribution is 2.06. The number of carbonyl (C=O) groups excluding carboxylic acids is 1. The quantitative estimate of drug-likeness (QED) is 0.764. The Kier molecular flexibility index (Phi) is 6.14. The normalized spacial score (nSPS) is 11.1. The van der Waals surface area contributed by atoms with Crippen molar-refractivity contribution < 1.29 is 4.79 Å². The maximum Gasteiger partial charge on any atom is 0.271 e. The van der Waals surface area contributed by atoms with Gasteiger partial charge in [-0.2, -0.15) is 10.2 Å². The van der Waals surface area contributed by atoms with Crippen LogP contribution in [-0.4, -0.2) is 56.5 Å². The summed E-state index contributed by atoms with van der Waals surface area (Å²) in [6.45, 7) is 8.14. The van der Waals surface area contributed by atoms with Crippen molar-refractivity contribution in [2.45, 2.75) is 20.5 Å². The molecule has 2 heterocycles. The minimum atomic E-state index is -0.146. The second kappa shape index (κ2) is 8.09. The van der Waals surface area contributed by atoms with Crippen molar-refractivity contribution in [3.05, 3.63) is 34.8 Å². The van der Waals surface area contributed by atoms with Crippen LogP contribution in [0.2, 0.25) is 0 Å². The molecule has 0 bridgehead atoms. The van der Waals surface area contributed by atoms with E-state index >= 15 is 0 Å². The Morgan fingerprint density at radius 3 is 2.77 bits per heavy atom. The molecule has 2 aromatic rings. The van der Waals surface area contributed by atoms with E-state index in [-0.39, 0.29) is 5.91 Å². The van der Waals surface area contributed by atoms with Crippen molar-refractivity contribution >= 4 is 21.8 Å². The zero-order valence-electron chi connectivity index (χ0n) is 12.9. The van der Waals surface area contributed by atoms with Crippen LogP contribution in [-0.2, 0) is 6.67 Å². The Labute approximate surface area is 138 Å². The number of nitrogens with one attached hydrogen (secondary N) is 1. The van der Waals surface area contributed by atoms with Crippen LogP contribution in [0, 0.1) is 0 Å². The van der Waals surface area contributed by atoms with E-state index in [9.17, 15) is 4.79 Å². The smallest absolute Gasteiger partial charge is 0.271 e. The highest BCUT2D eigenvalue weighted by molar-refractivity contribution is 9.10. The highest BCUT2D eigenvalue weighted by atomic mass is 79.9. The van der Waals surface area contributed by atoms with E-state index in [4.69, 9.17) is 0 Å². The third-order valence-electron chi connectivity index (χ3n) is 3.37. The summed E-state index contributed by atoms with van der Waals surface area (Å²) in [5.74, 6) is -0.146. The van der Waals surface area contributed by atoms with Gasteiger partial charge < -0.3 is 10.2 Å². The Balaban J connectivity index is 1.84. The van der Waals surface area contributed by atoms with Crippen LogP contribution in [0.1, 0.15) is 24.3 Å². The van der Waals surface area contributed by atoms with E-state index in [2.05, 4.69) is 50.2 Å². The monoisotopic (exact) mass is 368 g/mol. The highest BCUT2D eigenvalue weighted by Gasteiger charge is 2.09. The molecule has 0 saturated carbocycles. The zero-order chi connectivity index (χ0) is 15.9. The number of carbonyl (C=O) groups is 1. The number of likely N-dealkylation sites (N-methyl/N-ethyl adjacent to an activating group) is 1. The summed E-state index contributed by atoms with van der Waals surface area (Å²) < 4.78 is 4.33. The molecule has 0 aliphatic rings. The summed E-state index contributed by atoms with van der Waals surface area (Å²) in [5, 5.41) is 11.3. The third kappa shape index (κ3) is 4.67. The summed E-state index contributed by atoms with van der Waals surface area (Å²) in [7, 11) is 0. The summed E-state index contributed by atoms with van der Waals surface area (Å²) in [5.41, 5.74) is 0.422. The van der Waals surface area contributed by atoms with Gasteiger partial charge in [0.25, 0.3) is 5.91 Å². The number of halogens is 1. The van der Waals surface area contributed by atoms with Crippen molar-refractivity contribution in [3.8, 4) is 0 Å². The van der Waals surface area contributed by atoms with Gasteiger partial charge in [0.1, 0.15) is 12.4 Å². The molecule has 0 aliphatic carbocycles. The van der Waals surface area contributed by atoms with E-state index in [0.29, 0.717) is 18.9 Å². The van der Waals surface area contributed by atoms with Crippen LogP contribution in [0.25, 0.3) is 0 Å². The van der Waals surface area contributed by atoms with Gasteiger partial charge in [-0.3, -0.25) is 9.48 Å². The van der Waals surface area contributed by atoms with Crippen molar-refractivity contribution in [2.75, 3.05) is 26.2 Å². The fraction of sp³-hybridized carbons (Fsp3) is 0.500. The molecule has 0 unspecified atom stereocenters. The number of aromatic nitrogens is 4. The number of nitrogens with zero attached hydrogens (tertiary/aromatic N) is 5. The molecular weight excluding hydrogens is 348 g/mol. The molecule has 0 aromatic carbocycles.